The summed E-state index contributed by atoms with van der Waals surface area (Å²) < 4.78 is 0. The third kappa shape index (κ3) is 3.67. The SMILES string of the molecule is CCCC(O)C(CC)N1CC(C)N(C)C(C)C1. The van der Waals surface area contributed by atoms with Gasteiger partial charge in [0.05, 0.1) is 6.10 Å². The van der Waals surface area contributed by atoms with Crippen molar-refractivity contribution >= 4 is 0 Å². The first-order valence-corrected chi connectivity index (χ1v) is 7.15. The largest absolute Gasteiger partial charge is 0.391 e. The van der Waals surface area contributed by atoms with Gasteiger partial charge < -0.3 is 5.11 Å². The molecule has 1 aliphatic rings. The quantitative estimate of drug-likeness (QED) is 0.798. The summed E-state index contributed by atoms with van der Waals surface area (Å²) in [5, 5.41) is 10.2. The molecule has 0 radical (unpaired) electrons. The van der Waals surface area contributed by atoms with Crippen molar-refractivity contribution in [3.05, 3.63) is 0 Å². The van der Waals surface area contributed by atoms with Crippen LogP contribution in [0.5, 0.6) is 0 Å². The monoisotopic (exact) mass is 242 g/mol. The van der Waals surface area contributed by atoms with E-state index >= 15 is 0 Å². The van der Waals surface area contributed by atoms with Gasteiger partial charge in [-0.15, -0.1) is 0 Å². The van der Waals surface area contributed by atoms with Crippen molar-refractivity contribution in [1.29, 1.82) is 0 Å². The summed E-state index contributed by atoms with van der Waals surface area (Å²) in [6.45, 7) is 11.1. The smallest absolute Gasteiger partial charge is 0.0695 e. The predicted octanol–water partition coefficient (Wildman–Crippen LogP) is 1.95. The fraction of sp³-hybridized carbons (Fsp3) is 1.00. The number of nitrogens with zero attached hydrogens (tertiary/aromatic N) is 2. The van der Waals surface area contributed by atoms with Gasteiger partial charge in [0, 0.05) is 31.2 Å². The summed E-state index contributed by atoms with van der Waals surface area (Å²) in [5.41, 5.74) is 0. The Labute approximate surface area is 107 Å². The van der Waals surface area contributed by atoms with E-state index in [4.69, 9.17) is 0 Å². The normalized spacial score (nSPS) is 31.4. The van der Waals surface area contributed by atoms with Gasteiger partial charge >= 0.3 is 0 Å². The number of hydrogen-bond acceptors (Lipinski definition) is 3. The van der Waals surface area contributed by atoms with Crippen LogP contribution in [0.2, 0.25) is 0 Å². The van der Waals surface area contributed by atoms with Crippen LogP contribution in [-0.2, 0) is 0 Å². The molecular formula is C14H30N2O. The van der Waals surface area contributed by atoms with Gasteiger partial charge in [0.1, 0.15) is 0 Å². The number of aliphatic hydroxyl groups is 1. The molecule has 0 bridgehead atoms. The summed E-state index contributed by atoms with van der Waals surface area (Å²) >= 11 is 0. The van der Waals surface area contributed by atoms with Crippen LogP contribution >= 0.6 is 0 Å². The topological polar surface area (TPSA) is 26.7 Å². The highest BCUT2D eigenvalue weighted by Gasteiger charge is 2.32. The van der Waals surface area contributed by atoms with E-state index in [1.165, 1.54) is 0 Å². The third-order valence-electron chi connectivity index (χ3n) is 4.30. The Morgan fingerprint density at radius 1 is 1.18 bits per heavy atom. The van der Waals surface area contributed by atoms with Crippen LogP contribution < -0.4 is 0 Å². The lowest BCUT2D eigenvalue weighted by Crippen LogP contribution is -2.59. The first-order chi connectivity index (χ1) is 8.01. The minimum absolute atomic E-state index is 0.159. The molecule has 0 aromatic heterocycles. The molecule has 0 spiro atoms. The van der Waals surface area contributed by atoms with Crippen molar-refractivity contribution in [2.24, 2.45) is 0 Å². The van der Waals surface area contributed by atoms with Crippen LogP contribution in [0.1, 0.15) is 47.0 Å². The van der Waals surface area contributed by atoms with Gasteiger partial charge in [-0.05, 0) is 33.7 Å². The fourth-order valence-electron chi connectivity index (χ4n) is 2.98. The maximum atomic E-state index is 10.2. The lowest BCUT2D eigenvalue weighted by atomic mass is 9.98. The second-order valence-corrected chi connectivity index (χ2v) is 5.65. The van der Waals surface area contributed by atoms with Gasteiger partial charge in [-0.3, -0.25) is 9.80 Å². The molecule has 1 heterocycles. The zero-order valence-corrected chi connectivity index (χ0v) is 12.2. The predicted molar refractivity (Wildman–Crippen MR) is 73.3 cm³/mol. The van der Waals surface area contributed by atoms with Crippen LogP contribution in [-0.4, -0.2) is 59.3 Å². The molecule has 0 aliphatic carbocycles. The standard InChI is InChI=1S/C14H30N2O/c1-6-8-14(17)13(7-2)16-9-11(3)15(5)12(4)10-16/h11-14,17H,6-10H2,1-5H3. The van der Waals surface area contributed by atoms with E-state index in [0.717, 1.165) is 32.4 Å². The molecular weight excluding hydrogens is 212 g/mol. The van der Waals surface area contributed by atoms with Crippen molar-refractivity contribution in [3.8, 4) is 0 Å². The zero-order valence-electron chi connectivity index (χ0n) is 12.2. The second kappa shape index (κ2) is 6.72. The zero-order chi connectivity index (χ0) is 13.0. The molecule has 3 heteroatoms. The highest BCUT2D eigenvalue weighted by atomic mass is 16.3. The minimum Gasteiger partial charge on any atom is -0.391 e. The molecule has 1 N–H and O–H groups in total. The van der Waals surface area contributed by atoms with Gasteiger partial charge in [0.2, 0.25) is 0 Å². The molecule has 1 fully saturated rings. The number of aliphatic hydroxyl groups excluding tert-OH is 1. The highest BCUT2D eigenvalue weighted by Crippen LogP contribution is 2.20. The van der Waals surface area contributed by atoms with Crippen molar-refractivity contribution in [2.45, 2.75) is 71.2 Å². The molecule has 1 saturated heterocycles. The van der Waals surface area contributed by atoms with E-state index in [-0.39, 0.29) is 6.10 Å². The van der Waals surface area contributed by atoms with Crippen molar-refractivity contribution in [1.82, 2.24) is 9.80 Å². The van der Waals surface area contributed by atoms with Gasteiger partial charge in [0.15, 0.2) is 0 Å². The number of likely N-dealkylation sites (N-methyl/N-ethyl adjacent to an activating group) is 1. The van der Waals surface area contributed by atoms with E-state index in [9.17, 15) is 5.11 Å². The van der Waals surface area contributed by atoms with Gasteiger partial charge in [-0.25, -0.2) is 0 Å². The fourth-order valence-corrected chi connectivity index (χ4v) is 2.98. The highest BCUT2D eigenvalue weighted by molar-refractivity contribution is 4.88. The summed E-state index contributed by atoms with van der Waals surface area (Å²) in [6.07, 6.45) is 2.88. The molecule has 102 valence electrons. The average molecular weight is 242 g/mol. The Balaban J connectivity index is 2.63. The Hall–Kier alpha value is -0.120. The van der Waals surface area contributed by atoms with E-state index in [1.54, 1.807) is 0 Å². The van der Waals surface area contributed by atoms with Crippen LogP contribution in [0.4, 0.5) is 0 Å². The Morgan fingerprint density at radius 3 is 2.12 bits per heavy atom. The molecule has 1 rings (SSSR count). The Morgan fingerprint density at radius 2 is 1.71 bits per heavy atom. The molecule has 0 saturated carbocycles. The summed E-state index contributed by atoms with van der Waals surface area (Å²) in [5.74, 6) is 0. The van der Waals surface area contributed by atoms with Crippen molar-refractivity contribution in [2.75, 3.05) is 20.1 Å². The summed E-state index contributed by atoms with van der Waals surface area (Å²) in [6, 6.07) is 1.51. The third-order valence-corrected chi connectivity index (χ3v) is 4.30. The molecule has 17 heavy (non-hydrogen) atoms. The van der Waals surface area contributed by atoms with Gasteiger partial charge in [-0.2, -0.15) is 0 Å². The molecule has 1 aliphatic heterocycles. The van der Waals surface area contributed by atoms with Gasteiger partial charge in [-0.1, -0.05) is 20.3 Å². The summed E-state index contributed by atoms with van der Waals surface area (Å²) in [4.78, 5) is 4.94. The van der Waals surface area contributed by atoms with Crippen molar-refractivity contribution < 1.29 is 5.11 Å². The van der Waals surface area contributed by atoms with Crippen LogP contribution in [0.25, 0.3) is 0 Å². The Kier molecular flexibility index (Phi) is 5.90. The average Bonchev–Trinajstić information content (AvgIpc) is 2.27. The van der Waals surface area contributed by atoms with Gasteiger partial charge in [0.25, 0.3) is 0 Å². The second-order valence-electron chi connectivity index (χ2n) is 5.65. The number of hydrogen-bond donors (Lipinski definition) is 1. The molecule has 0 aromatic rings. The molecule has 4 unspecified atom stereocenters. The first kappa shape index (κ1) is 14.9. The summed E-state index contributed by atoms with van der Waals surface area (Å²) in [7, 11) is 2.20. The lowest BCUT2D eigenvalue weighted by molar-refractivity contribution is -0.0177. The molecule has 0 amide bonds. The molecule has 4 atom stereocenters. The van der Waals surface area contributed by atoms with E-state index in [1.807, 2.05) is 0 Å². The van der Waals surface area contributed by atoms with Crippen LogP contribution in [0, 0.1) is 0 Å². The molecule has 0 aromatic carbocycles. The van der Waals surface area contributed by atoms with Crippen LogP contribution in [0.3, 0.4) is 0 Å². The van der Waals surface area contributed by atoms with Crippen LogP contribution in [0.15, 0.2) is 0 Å². The lowest BCUT2D eigenvalue weighted by Gasteiger charge is -2.46. The number of rotatable bonds is 5. The van der Waals surface area contributed by atoms with E-state index in [2.05, 4.69) is 44.5 Å². The maximum Gasteiger partial charge on any atom is 0.0695 e. The Bertz CT molecular complexity index is 210. The van der Waals surface area contributed by atoms with Crippen molar-refractivity contribution in [3.63, 3.8) is 0 Å². The number of piperazine rings is 1. The maximum absolute atomic E-state index is 10.2. The molecule has 3 nitrogen and oxygen atoms in total. The van der Waals surface area contributed by atoms with E-state index < -0.39 is 0 Å². The minimum atomic E-state index is -0.159. The van der Waals surface area contributed by atoms with E-state index in [0.29, 0.717) is 18.1 Å². The first-order valence-electron chi connectivity index (χ1n) is 7.15.